The largest absolute Gasteiger partial charge is 0.431 e. The fourth-order valence-corrected chi connectivity index (χ4v) is 2.69. The molecule has 0 saturated heterocycles. The Bertz CT molecular complexity index is 490. The van der Waals surface area contributed by atoms with Gasteiger partial charge in [0.1, 0.15) is 5.69 Å². The predicted octanol–water partition coefficient (Wildman–Crippen LogP) is 2.79. The Morgan fingerprint density at radius 3 is 2.55 bits per heavy atom. The first-order chi connectivity index (χ1) is 9.48. The highest BCUT2D eigenvalue weighted by atomic mass is 19.4. The summed E-state index contributed by atoms with van der Waals surface area (Å²) in [6, 6.07) is 3.63. The zero-order valence-corrected chi connectivity index (χ0v) is 11.2. The molecule has 3 nitrogen and oxygen atoms in total. The van der Waals surface area contributed by atoms with Crippen LogP contribution in [0.1, 0.15) is 37.8 Å². The molecule has 0 bridgehead atoms. The van der Waals surface area contributed by atoms with Crippen molar-refractivity contribution in [2.45, 2.75) is 50.9 Å². The number of nitrogens with one attached hydrogen (secondary N) is 1. The molecule has 1 N–H and O–H groups in total. The van der Waals surface area contributed by atoms with Gasteiger partial charge in [-0.3, -0.25) is 4.79 Å². The summed E-state index contributed by atoms with van der Waals surface area (Å²) in [4.78, 5) is 11.6. The highest BCUT2D eigenvalue weighted by Crippen LogP contribution is 2.28. The van der Waals surface area contributed by atoms with E-state index < -0.39 is 17.4 Å². The van der Waals surface area contributed by atoms with Crippen LogP contribution in [0.15, 0.2) is 23.0 Å². The second-order valence-electron chi connectivity index (χ2n) is 5.19. The lowest BCUT2D eigenvalue weighted by molar-refractivity contribution is -0.144. The Balaban J connectivity index is 2.00. The molecule has 6 heteroatoms. The van der Waals surface area contributed by atoms with E-state index >= 15 is 0 Å². The van der Waals surface area contributed by atoms with Gasteiger partial charge < -0.3 is 9.88 Å². The van der Waals surface area contributed by atoms with Gasteiger partial charge in [-0.1, -0.05) is 25.3 Å². The fraction of sp³-hybridized carbons (Fsp3) is 0.643. The summed E-state index contributed by atoms with van der Waals surface area (Å²) in [6.45, 7) is 0.433. The molecule has 0 amide bonds. The zero-order chi connectivity index (χ0) is 14.6. The summed E-state index contributed by atoms with van der Waals surface area (Å²) in [5.41, 5.74) is -1.49. The molecule has 1 saturated carbocycles. The number of halogens is 3. The number of rotatable bonds is 4. The lowest BCUT2D eigenvalue weighted by atomic mass is 9.95. The van der Waals surface area contributed by atoms with Gasteiger partial charge in [0.25, 0.3) is 5.56 Å². The minimum atomic E-state index is -4.49. The third-order valence-electron chi connectivity index (χ3n) is 3.71. The fourth-order valence-electron chi connectivity index (χ4n) is 2.69. The molecule has 0 aromatic carbocycles. The molecular weight excluding hydrogens is 269 g/mol. The summed E-state index contributed by atoms with van der Waals surface area (Å²) in [7, 11) is 0. The van der Waals surface area contributed by atoms with Crippen molar-refractivity contribution in [2.24, 2.45) is 0 Å². The van der Waals surface area contributed by atoms with Crippen LogP contribution in [0.2, 0.25) is 0 Å². The molecule has 0 atom stereocenters. The molecule has 1 aromatic rings. The first-order valence-corrected chi connectivity index (χ1v) is 6.99. The molecule has 1 aliphatic rings. The minimum Gasteiger partial charge on any atom is -0.312 e. The molecule has 2 rings (SSSR count). The van der Waals surface area contributed by atoms with Gasteiger partial charge in [0.2, 0.25) is 0 Å². The first-order valence-electron chi connectivity index (χ1n) is 6.99. The predicted molar refractivity (Wildman–Crippen MR) is 70.6 cm³/mol. The third-order valence-corrected chi connectivity index (χ3v) is 3.71. The lowest BCUT2D eigenvalue weighted by Gasteiger charge is -2.23. The van der Waals surface area contributed by atoms with E-state index in [1.165, 1.54) is 6.42 Å². The van der Waals surface area contributed by atoms with Gasteiger partial charge in [-0.05, 0) is 18.9 Å². The highest BCUT2D eigenvalue weighted by Gasteiger charge is 2.33. The van der Waals surface area contributed by atoms with Crippen molar-refractivity contribution >= 4 is 0 Å². The van der Waals surface area contributed by atoms with Gasteiger partial charge in [0.05, 0.1) is 0 Å². The van der Waals surface area contributed by atoms with Crippen molar-refractivity contribution in [1.82, 2.24) is 9.88 Å². The van der Waals surface area contributed by atoms with Crippen molar-refractivity contribution in [3.05, 3.63) is 34.2 Å². The molecule has 1 heterocycles. The van der Waals surface area contributed by atoms with Gasteiger partial charge in [-0.15, -0.1) is 0 Å². The standard InChI is InChI=1S/C14H19F3N2O/c15-14(16,17)12-7-4-8-13(20)19(12)10-9-18-11-5-2-1-3-6-11/h4,7-8,11,18H,1-3,5-6,9-10H2. The van der Waals surface area contributed by atoms with Crippen molar-refractivity contribution in [3.8, 4) is 0 Å². The van der Waals surface area contributed by atoms with E-state index in [-0.39, 0.29) is 6.54 Å². The minimum absolute atomic E-state index is 0.0466. The Hall–Kier alpha value is -1.30. The maximum Gasteiger partial charge on any atom is 0.431 e. The van der Waals surface area contributed by atoms with E-state index in [4.69, 9.17) is 0 Å². The van der Waals surface area contributed by atoms with Gasteiger partial charge >= 0.3 is 6.18 Å². The SMILES string of the molecule is O=c1cccc(C(F)(F)F)n1CCNC1CCCCC1. The molecule has 0 radical (unpaired) electrons. The van der Waals surface area contributed by atoms with E-state index in [2.05, 4.69) is 5.32 Å². The number of hydrogen-bond donors (Lipinski definition) is 1. The van der Waals surface area contributed by atoms with Crippen LogP contribution in [-0.2, 0) is 12.7 Å². The summed E-state index contributed by atoms with van der Waals surface area (Å²) >= 11 is 0. The van der Waals surface area contributed by atoms with E-state index in [1.807, 2.05) is 0 Å². The normalized spacial score (nSPS) is 17.4. The molecular formula is C14H19F3N2O. The molecule has 20 heavy (non-hydrogen) atoms. The van der Waals surface area contributed by atoms with Crippen molar-refractivity contribution in [2.75, 3.05) is 6.54 Å². The topological polar surface area (TPSA) is 34.0 Å². The molecule has 0 spiro atoms. The van der Waals surface area contributed by atoms with Crippen molar-refractivity contribution in [3.63, 3.8) is 0 Å². The van der Waals surface area contributed by atoms with Crippen molar-refractivity contribution < 1.29 is 13.2 Å². The van der Waals surface area contributed by atoms with E-state index in [0.29, 0.717) is 12.6 Å². The smallest absolute Gasteiger partial charge is 0.312 e. The second-order valence-corrected chi connectivity index (χ2v) is 5.19. The first kappa shape index (κ1) is 15.1. The van der Waals surface area contributed by atoms with Gasteiger partial charge in [-0.2, -0.15) is 13.2 Å². The number of alkyl halides is 3. The second kappa shape index (κ2) is 6.43. The molecule has 0 unspecified atom stereocenters. The van der Waals surface area contributed by atoms with Crippen LogP contribution >= 0.6 is 0 Å². The number of aromatic nitrogens is 1. The van der Waals surface area contributed by atoms with Crippen LogP contribution in [0, 0.1) is 0 Å². The maximum atomic E-state index is 12.8. The van der Waals surface area contributed by atoms with Crippen LogP contribution < -0.4 is 10.9 Å². The summed E-state index contributed by atoms with van der Waals surface area (Å²) in [5, 5.41) is 3.25. The summed E-state index contributed by atoms with van der Waals surface area (Å²) < 4.78 is 39.3. The average Bonchev–Trinajstić information content (AvgIpc) is 2.40. The van der Waals surface area contributed by atoms with Gasteiger partial charge in [0, 0.05) is 25.2 Å². The number of nitrogens with zero attached hydrogens (tertiary/aromatic N) is 1. The number of hydrogen-bond acceptors (Lipinski definition) is 2. The van der Waals surface area contributed by atoms with Crippen LogP contribution in [0.25, 0.3) is 0 Å². The maximum absolute atomic E-state index is 12.8. The third kappa shape index (κ3) is 3.85. The van der Waals surface area contributed by atoms with Gasteiger partial charge in [0.15, 0.2) is 0 Å². The van der Waals surface area contributed by atoms with Crippen LogP contribution in [-0.4, -0.2) is 17.2 Å². The molecule has 0 aliphatic heterocycles. The lowest BCUT2D eigenvalue weighted by Crippen LogP contribution is -2.36. The van der Waals surface area contributed by atoms with E-state index in [9.17, 15) is 18.0 Å². The number of pyridine rings is 1. The average molecular weight is 288 g/mol. The highest BCUT2D eigenvalue weighted by molar-refractivity contribution is 5.10. The Labute approximate surface area is 115 Å². The summed E-state index contributed by atoms with van der Waals surface area (Å²) in [6.07, 6.45) is 1.19. The Morgan fingerprint density at radius 2 is 1.90 bits per heavy atom. The molecule has 1 fully saturated rings. The van der Waals surface area contributed by atoms with E-state index in [1.54, 1.807) is 0 Å². The van der Waals surface area contributed by atoms with E-state index in [0.717, 1.165) is 48.4 Å². The summed E-state index contributed by atoms with van der Waals surface area (Å²) in [5.74, 6) is 0. The zero-order valence-electron chi connectivity index (χ0n) is 11.2. The quantitative estimate of drug-likeness (QED) is 0.924. The molecule has 1 aliphatic carbocycles. The Kier molecular flexibility index (Phi) is 4.86. The Morgan fingerprint density at radius 1 is 1.20 bits per heavy atom. The van der Waals surface area contributed by atoms with Crippen LogP contribution in [0.3, 0.4) is 0 Å². The van der Waals surface area contributed by atoms with Crippen molar-refractivity contribution in [1.29, 1.82) is 0 Å². The molecule has 1 aromatic heterocycles. The van der Waals surface area contributed by atoms with Crippen LogP contribution in [0.5, 0.6) is 0 Å². The monoisotopic (exact) mass is 288 g/mol. The van der Waals surface area contributed by atoms with Crippen LogP contribution in [0.4, 0.5) is 13.2 Å². The molecule has 112 valence electrons. The van der Waals surface area contributed by atoms with Gasteiger partial charge in [-0.25, -0.2) is 0 Å².